The molecular formula is C31H39ClN2O5. The Morgan fingerprint density at radius 1 is 1.05 bits per heavy atom. The van der Waals surface area contributed by atoms with Crippen molar-refractivity contribution < 1.29 is 23.8 Å². The number of carbonyl (C=O) groups is 2. The van der Waals surface area contributed by atoms with Gasteiger partial charge in [0.05, 0.1) is 29.9 Å². The maximum atomic E-state index is 13.3. The van der Waals surface area contributed by atoms with Crippen LogP contribution in [-0.4, -0.2) is 72.9 Å². The van der Waals surface area contributed by atoms with Crippen LogP contribution >= 0.6 is 11.6 Å². The average Bonchev–Trinajstić information content (AvgIpc) is 2.87. The summed E-state index contributed by atoms with van der Waals surface area (Å²) in [5.41, 5.74) is 3.26. The molecular weight excluding hydrogens is 516 g/mol. The fourth-order valence-corrected chi connectivity index (χ4v) is 5.40. The minimum atomic E-state index is -0.580. The molecule has 0 aromatic heterocycles. The van der Waals surface area contributed by atoms with Gasteiger partial charge in [0, 0.05) is 19.1 Å². The lowest BCUT2D eigenvalue weighted by atomic mass is 9.82. The van der Waals surface area contributed by atoms with Crippen molar-refractivity contribution in [2.75, 3.05) is 33.4 Å². The molecule has 8 heteroatoms. The predicted molar refractivity (Wildman–Crippen MR) is 153 cm³/mol. The number of piperazine rings is 1. The van der Waals surface area contributed by atoms with Crippen LogP contribution in [0.2, 0.25) is 5.02 Å². The molecule has 2 atom stereocenters. The number of fused-ring (bicyclic) bond motifs is 2. The van der Waals surface area contributed by atoms with Crippen LogP contribution in [0.5, 0.6) is 5.75 Å². The van der Waals surface area contributed by atoms with Gasteiger partial charge in [-0.3, -0.25) is 4.90 Å². The summed E-state index contributed by atoms with van der Waals surface area (Å²) in [5, 5.41) is 0.615. The fraction of sp³-hybridized carbons (Fsp3) is 0.484. The molecule has 2 bridgehead atoms. The standard InChI is InChI=1S/C31H39ClN2O5/c1-6-37-29(35)28-24(18-23-19-34(20-26(28)33(23)5)30(36)39-31(2,3)4)22-15-13-21(14-16-22)10-9-17-38-27-12-8-7-11-25(27)32/h7-8,11-16,23,26H,6,9-10,17-20H2,1-5H3. The number of amides is 1. The summed E-state index contributed by atoms with van der Waals surface area (Å²) in [6, 6.07) is 15.7. The van der Waals surface area contributed by atoms with E-state index in [4.69, 9.17) is 25.8 Å². The topological polar surface area (TPSA) is 68.3 Å². The second-order valence-electron chi connectivity index (χ2n) is 11.1. The lowest BCUT2D eigenvalue weighted by Crippen LogP contribution is -2.62. The Hall–Kier alpha value is -3.03. The molecule has 0 spiro atoms. The van der Waals surface area contributed by atoms with Gasteiger partial charge < -0.3 is 19.1 Å². The van der Waals surface area contributed by atoms with Crippen LogP contribution < -0.4 is 4.74 Å². The molecule has 0 N–H and O–H groups in total. The largest absolute Gasteiger partial charge is 0.492 e. The highest BCUT2D eigenvalue weighted by Gasteiger charge is 2.44. The number of likely N-dealkylation sites (N-methyl/N-ethyl adjacent to an activating group) is 1. The third-order valence-electron chi connectivity index (χ3n) is 7.14. The van der Waals surface area contributed by atoms with Crippen LogP contribution in [0.25, 0.3) is 5.57 Å². The van der Waals surface area contributed by atoms with Crippen LogP contribution in [0.4, 0.5) is 4.79 Å². The fourth-order valence-electron chi connectivity index (χ4n) is 5.21. The Labute approximate surface area is 236 Å². The van der Waals surface area contributed by atoms with Gasteiger partial charge in [-0.25, -0.2) is 9.59 Å². The normalized spacial score (nSPS) is 19.6. The number of aryl methyl sites for hydroxylation is 1. The molecule has 2 aliphatic rings. The summed E-state index contributed by atoms with van der Waals surface area (Å²) < 4.78 is 17.0. The maximum Gasteiger partial charge on any atom is 0.410 e. The van der Waals surface area contributed by atoms with Gasteiger partial charge in [0.2, 0.25) is 0 Å². The third-order valence-corrected chi connectivity index (χ3v) is 7.46. The van der Waals surface area contributed by atoms with E-state index in [0.29, 0.717) is 49.1 Å². The summed E-state index contributed by atoms with van der Waals surface area (Å²) in [7, 11) is 2.02. The van der Waals surface area contributed by atoms with Crippen LogP contribution in [0, 0.1) is 0 Å². The summed E-state index contributed by atoms with van der Waals surface area (Å²) in [6.45, 7) is 9.19. The van der Waals surface area contributed by atoms with Gasteiger partial charge in [0.15, 0.2) is 0 Å². The van der Waals surface area contributed by atoms with Crippen LogP contribution in [0.3, 0.4) is 0 Å². The first-order valence-electron chi connectivity index (χ1n) is 13.6. The van der Waals surface area contributed by atoms with Crippen molar-refractivity contribution >= 4 is 29.2 Å². The van der Waals surface area contributed by atoms with Crippen molar-refractivity contribution in [3.05, 3.63) is 70.3 Å². The number of para-hydroxylation sites is 1. The van der Waals surface area contributed by atoms with Crippen molar-refractivity contribution in [2.24, 2.45) is 0 Å². The van der Waals surface area contributed by atoms with E-state index in [1.54, 1.807) is 4.90 Å². The molecule has 0 saturated carbocycles. The zero-order valence-corrected chi connectivity index (χ0v) is 24.3. The molecule has 2 aromatic rings. The van der Waals surface area contributed by atoms with Gasteiger partial charge in [-0.15, -0.1) is 0 Å². The molecule has 39 heavy (non-hydrogen) atoms. The smallest absolute Gasteiger partial charge is 0.410 e. The Morgan fingerprint density at radius 2 is 1.77 bits per heavy atom. The SMILES string of the molecule is CCOC(=O)C1=C(c2ccc(CCCOc3ccccc3Cl)cc2)CC2CN(C(=O)OC(C)(C)C)CC1N2C. The zero-order chi connectivity index (χ0) is 28.2. The number of hydrogen-bond acceptors (Lipinski definition) is 6. The number of nitrogens with zero attached hydrogens (tertiary/aromatic N) is 2. The number of halogens is 1. The van der Waals surface area contributed by atoms with E-state index in [9.17, 15) is 9.59 Å². The quantitative estimate of drug-likeness (QED) is 0.295. The second kappa shape index (κ2) is 12.4. The lowest BCUT2D eigenvalue weighted by molar-refractivity contribution is -0.140. The van der Waals surface area contributed by atoms with Gasteiger partial charge in [-0.1, -0.05) is 48.0 Å². The van der Waals surface area contributed by atoms with E-state index in [-0.39, 0.29) is 24.1 Å². The summed E-state index contributed by atoms with van der Waals surface area (Å²) in [4.78, 5) is 30.1. The molecule has 2 aliphatic heterocycles. The molecule has 1 fully saturated rings. The molecule has 4 rings (SSSR count). The number of esters is 1. The van der Waals surface area contributed by atoms with E-state index >= 15 is 0 Å². The molecule has 7 nitrogen and oxygen atoms in total. The monoisotopic (exact) mass is 554 g/mol. The average molecular weight is 555 g/mol. The minimum Gasteiger partial charge on any atom is -0.492 e. The van der Waals surface area contributed by atoms with Crippen molar-refractivity contribution in [2.45, 2.75) is 64.6 Å². The van der Waals surface area contributed by atoms with Crippen molar-refractivity contribution in [1.82, 2.24) is 9.80 Å². The van der Waals surface area contributed by atoms with E-state index in [1.165, 1.54) is 5.56 Å². The molecule has 1 saturated heterocycles. The predicted octanol–water partition coefficient (Wildman–Crippen LogP) is 5.99. The Kier molecular flexibility index (Phi) is 9.23. The van der Waals surface area contributed by atoms with Gasteiger partial charge in [0.1, 0.15) is 11.4 Å². The highest BCUT2D eigenvalue weighted by Crippen LogP contribution is 2.38. The Bertz CT molecular complexity index is 1200. The van der Waals surface area contributed by atoms with Gasteiger partial charge >= 0.3 is 12.1 Å². The first-order valence-corrected chi connectivity index (χ1v) is 14.0. The maximum absolute atomic E-state index is 13.3. The van der Waals surface area contributed by atoms with Crippen molar-refractivity contribution in [1.29, 1.82) is 0 Å². The highest BCUT2D eigenvalue weighted by molar-refractivity contribution is 6.32. The first-order chi connectivity index (χ1) is 18.6. The molecule has 1 amide bonds. The molecule has 2 heterocycles. The van der Waals surface area contributed by atoms with Crippen molar-refractivity contribution in [3.8, 4) is 5.75 Å². The van der Waals surface area contributed by atoms with E-state index in [2.05, 4.69) is 29.2 Å². The van der Waals surface area contributed by atoms with E-state index < -0.39 is 5.60 Å². The number of hydrogen-bond donors (Lipinski definition) is 0. The second-order valence-corrected chi connectivity index (χ2v) is 11.5. The molecule has 210 valence electrons. The van der Waals surface area contributed by atoms with Crippen molar-refractivity contribution in [3.63, 3.8) is 0 Å². The zero-order valence-electron chi connectivity index (χ0n) is 23.5. The highest BCUT2D eigenvalue weighted by atomic mass is 35.5. The summed E-state index contributed by atoms with van der Waals surface area (Å²) in [6.07, 6.45) is 2.02. The van der Waals surface area contributed by atoms with E-state index in [0.717, 1.165) is 24.0 Å². The molecule has 2 unspecified atom stereocenters. The van der Waals surface area contributed by atoms with Gasteiger partial charge in [-0.2, -0.15) is 0 Å². The lowest BCUT2D eigenvalue weighted by Gasteiger charge is -2.49. The molecule has 2 aromatic carbocycles. The van der Waals surface area contributed by atoms with Gasteiger partial charge in [-0.05, 0) is 82.8 Å². The van der Waals surface area contributed by atoms with Crippen LogP contribution in [0.1, 0.15) is 51.7 Å². The third kappa shape index (κ3) is 7.14. The number of ether oxygens (including phenoxy) is 3. The van der Waals surface area contributed by atoms with E-state index in [1.807, 2.05) is 59.0 Å². The van der Waals surface area contributed by atoms with Crippen LogP contribution in [0.15, 0.2) is 54.1 Å². The molecule has 0 radical (unpaired) electrons. The minimum absolute atomic E-state index is 0.0751. The Morgan fingerprint density at radius 3 is 2.44 bits per heavy atom. The Balaban J connectivity index is 1.50. The number of rotatable bonds is 8. The summed E-state index contributed by atoms with van der Waals surface area (Å²) >= 11 is 6.17. The molecule has 0 aliphatic carbocycles. The number of benzene rings is 2. The van der Waals surface area contributed by atoms with Gasteiger partial charge in [0.25, 0.3) is 0 Å². The summed E-state index contributed by atoms with van der Waals surface area (Å²) in [5.74, 6) is 0.376. The van der Waals surface area contributed by atoms with Crippen LogP contribution in [-0.2, 0) is 20.7 Å². The number of carbonyl (C=O) groups excluding carboxylic acids is 2. The first kappa shape index (κ1) is 29.0.